The number of aliphatic hydroxyl groups is 1. The van der Waals surface area contributed by atoms with E-state index in [-0.39, 0.29) is 13.4 Å². The highest BCUT2D eigenvalue weighted by atomic mass is 32.2. The van der Waals surface area contributed by atoms with Crippen molar-refractivity contribution in [1.29, 1.82) is 0 Å². The second-order valence-electron chi connectivity index (χ2n) is 3.51. The second-order valence-corrected chi connectivity index (χ2v) is 4.56. The third-order valence-corrected chi connectivity index (χ3v) is 3.14. The molecule has 3 rings (SSSR count). The number of ether oxygens (including phenoxy) is 2. The minimum absolute atomic E-state index is 0.0758. The molecular formula is C11H10N2O4S. The molecule has 0 saturated carbocycles. The molecule has 0 aliphatic carbocycles. The molecule has 6 nitrogen and oxygen atoms in total. The van der Waals surface area contributed by atoms with Crippen LogP contribution in [-0.2, 0) is 0 Å². The Morgan fingerprint density at radius 1 is 1.22 bits per heavy atom. The molecule has 2 heterocycles. The van der Waals surface area contributed by atoms with Gasteiger partial charge in [0.2, 0.25) is 12.7 Å². The summed E-state index contributed by atoms with van der Waals surface area (Å²) in [5, 5.41) is 17.0. The second kappa shape index (κ2) is 4.87. The molecule has 2 aromatic rings. The molecule has 1 N–H and O–H groups in total. The summed E-state index contributed by atoms with van der Waals surface area (Å²) >= 11 is 1.32. The molecule has 1 aliphatic heterocycles. The first-order chi connectivity index (χ1) is 8.86. The van der Waals surface area contributed by atoms with Gasteiger partial charge in [-0.25, -0.2) is 0 Å². The smallest absolute Gasteiger partial charge is 0.276 e. The van der Waals surface area contributed by atoms with Gasteiger partial charge in [0.1, 0.15) is 0 Å². The van der Waals surface area contributed by atoms with Crippen LogP contribution in [0.5, 0.6) is 11.5 Å². The molecule has 0 fully saturated rings. The first kappa shape index (κ1) is 11.4. The summed E-state index contributed by atoms with van der Waals surface area (Å²) in [5.74, 6) is 2.35. The first-order valence-corrected chi connectivity index (χ1v) is 6.32. The highest BCUT2D eigenvalue weighted by Gasteiger charge is 2.16. The standard InChI is InChI=1S/C11H10N2O4S/c14-3-4-18-11-13-12-10(17-11)7-1-2-8-9(5-7)16-6-15-8/h1-2,5,14H,3-4,6H2. The van der Waals surface area contributed by atoms with Gasteiger partial charge in [0.05, 0.1) is 6.61 Å². The Balaban J connectivity index is 1.83. The van der Waals surface area contributed by atoms with Crippen molar-refractivity contribution in [1.82, 2.24) is 10.2 Å². The van der Waals surface area contributed by atoms with Gasteiger partial charge in [-0.15, -0.1) is 10.2 Å². The SMILES string of the molecule is OCCSc1nnc(-c2ccc3c(c2)OCO3)o1. The fourth-order valence-corrected chi connectivity index (χ4v) is 2.05. The number of aromatic nitrogens is 2. The maximum Gasteiger partial charge on any atom is 0.276 e. The van der Waals surface area contributed by atoms with Crippen molar-refractivity contribution >= 4 is 11.8 Å². The molecule has 0 amide bonds. The number of aliphatic hydroxyl groups excluding tert-OH is 1. The average Bonchev–Trinajstić information content (AvgIpc) is 3.04. The van der Waals surface area contributed by atoms with E-state index >= 15 is 0 Å². The Labute approximate surface area is 107 Å². The minimum atomic E-state index is 0.0758. The number of thioether (sulfide) groups is 1. The molecule has 0 bridgehead atoms. The van der Waals surface area contributed by atoms with Crippen LogP contribution in [-0.4, -0.2) is 34.5 Å². The Kier molecular flexibility index (Phi) is 3.07. The maximum absolute atomic E-state index is 8.72. The summed E-state index contributed by atoms with van der Waals surface area (Å²) in [6.07, 6.45) is 0. The number of fused-ring (bicyclic) bond motifs is 1. The predicted molar refractivity (Wildman–Crippen MR) is 63.7 cm³/mol. The van der Waals surface area contributed by atoms with Crippen LogP contribution in [0, 0.1) is 0 Å². The topological polar surface area (TPSA) is 77.6 Å². The summed E-state index contributed by atoms with van der Waals surface area (Å²) < 4.78 is 16.0. The summed E-state index contributed by atoms with van der Waals surface area (Å²) in [6.45, 7) is 0.312. The largest absolute Gasteiger partial charge is 0.454 e. The number of hydrogen-bond donors (Lipinski definition) is 1. The lowest BCUT2D eigenvalue weighted by Crippen LogP contribution is -1.92. The fraction of sp³-hybridized carbons (Fsp3) is 0.273. The van der Waals surface area contributed by atoms with Gasteiger partial charge in [-0.2, -0.15) is 0 Å². The van der Waals surface area contributed by atoms with Crippen LogP contribution in [0.4, 0.5) is 0 Å². The molecule has 0 radical (unpaired) electrons. The summed E-state index contributed by atoms with van der Waals surface area (Å²) in [6, 6.07) is 5.44. The number of nitrogens with zero attached hydrogens (tertiary/aromatic N) is 2. The van der Waals surface area contributed by atoms with E-state index in [1.165, 1.54) is 11.8 Å². The molecule has 7 heteroatoms. The third-order valence-electron chi connectivity index (χ3n) is 2.34. The van der Waals surface area contributed by atoms with Crippen LogP contribution in [0.15, 0.2) is 27.8 Å². The zero-order chi connectivity index (χ0) is 12.4. The van der Waals surface area contributed by atoms with E-state index in [0.29, 0.717) is 28.4 Å². The van der Waals surface area contributed by atoms with Crippen LogP contribution < -0.4 is 9.47 Å². The van der Waals surface area contributed by atoms with Crippen LogP contribution in [0.25, 0.3) is 11.5 Å². The van der Waals surface area contributed by atoms with Crippen LogP contribution in [0.1, 0.15) is 0 Å². The quantitative estimate of drug-likeness (QED) is 0.841. The van der Waals surface area contributed by atoms with Crippen molar-refractivity contribution < 1.29 is 19.0 Å². The van der Waals surface area contributed by atoms with E-state index in [4.69, 9.17) is 19.0 Å². The summed E-state index contributed by atoms with van der Waals surface area (Å²) in [4.78, 5) is 0. The van der Waals surface area contributed by atoms with Gasteiger partial charge >= 0.3 is 0 Å². The van der Waals surface area contributed by atoms with Crippen molar-refractivity contribution in [3.63, 3.8) is 0 Å². The van der Waals surface area contributed by atoms with Crippen LogP contribution in [0.2, 0.25) is 0 Å². The molecule has 1 aliphatic rings. The lowest BCUT2D eigenvalue weighted by Gasteiger charge is -1.97. The lowest BCUT2D eigenvalue weighted by atomic mass is 10.2. The monoisotopic (exact) mass is 266 g/mol. The number of rotatable bonds is 4. The number of hydrogen-bond acceptors (Lipinski definition) is 7. The maximum atomic E-state index is 8.72. The van der Waals surface area contributed by atoms with Gasteiger partial charge in [-0.05, 0) is 18.2 Å². The van der Waals surface area contributed by atoms with E-state index in [2.05, 4.69) is 10.2 Å². The molecule has 94 valence electrons. The van der Waals surface area contributed by atoms with Gasteiger partial charge in [-0.1, -0.05) is 11.8 Å². The zero-order valence-electron chi connectivity index (χ0n) is 9.33. The fourth-order valence-electron chi connectivity index (χ4n) is 1.55. The van der Waals surface area contributed by atoms with Gasteiger partial charge in [0, 0.05) is 11.3 Å². The van der Waals surface area contributed by atoms with E-state index in [0.717, 1.165) is 5.56 Å². The van der Waals surface area contributed by atoms with Crippen LogP contribution in [0.3, 0.4) is 0 Å². The van der Waals surface area contributed by atoms with Gasteiger partial charge in [-0.3, -0.25) is 0 Å². The molecule has 0 atom stereocenters. The molecule has 0 unspecified atom stereocenters. The van der Waals surface area contributed by atoms with E-state index in [9.17, 15) is 0 Å². The normalized spacial score (nSPS) is 12.9. The zero-order valence-corrected chi connectivity index (χ0v) is 10.1. The van der Waals surface area contributed by atoms with Gasteiger partial charge in [0.15, 0.2) is 11.5 Å². The molecule has 0 saturated heterocycles. The van der Waals surface area contributed by atoms with E-state index in [1.54, 1.807) is 6.07 Å². The highest BCUT2D eigenvalue weighted by Crippen LogP contribution is 2.35. The predicted octanol–water partition coefficient (Wildman–Crippen LogP) is 1.55. The molecule has 1 aromatic heterocycles. The van der Waals surface area contributed by atoms with Crippen LogP contribution >= 0.6 is 11.8 Å². The van der Waals surface area contributed by atoms with Crippen molar-refractivity contribution in [2.45, 2.75) is 5.22 Å². The Morgan fingerprint density at radius 3 is 3.00 bits per heavy atom. The molecule has 0 spiro atoms. The molecule has 1 aromatic carbocycles. The first-order valence-electron chi connectivity index (χ1n) is 5.34. The van der Waals surface area contributed by atoms with Gasteiger partial charge in [0.25, 0.3) is 5.22 Å². The van der Waals surface area contributed by atoms with Crippen molar-refractivity contribution in [3.05, 3.63) is 18.2 Å². The highest BCUT2D eigenvalue weighted by molar-refractivity contribution is 7.99. The van der Waals surface area contributed by atoms with E-state index in [1.807, 2.05) is 12.1 Å². The summed E-state index contributed by atoms with van der Waals surface area (Å²) in [5.41, 5.74) is 0.780. The Morgan fingerprint density at radius 2 is 2.11 bits per heavy atom. The van der Waals surface area contributed by atoms with Crippen molar-refractivity contribution in [3.8, 4) is 23.0 Å². The summed E-state index contributed by atoms with van der Waals surface area (Å²) in [7, 11) is 0. The Hall–Kier alpha value is -1.73. The van der Waals surface area contributed by atoms with Gasteiger partial charge < -0.3 is 19.0 Å². The minimum Gasteiger partial charge on any atom is -0.454 e. The molecular weight excluding hydrogens is 256 g/mol. The molecule has 18 heavy (non-hydrogen) atoms. The Bertz CT molecular complexity index is 558. The van der Waals surface area contributed by atoms with E-state index < -0.39 is 0 Å². The average molecular weight is 266 g/mol. The third kappa shape index (κ3) is 2.14. The van der Waals surface area contributed by atoms with Crippen molar-refractivity contribution in [2.75, 3.05) is 19.2 Å². The number of benzene rings is 1. The van der Waals surface area contributed by atoms with Crippen molar-refractivity contribution in [2.24, 2.45) is 0 Å². The lowest BCUT2D eigenvalue weighted by molar-refractivity contribution is 0.174.